The van der Waals surface area contributed by atoms with E-state index in [1.165, 1.54) is 42.3 Å². The smallest absolute Gasteiger partial charge is 2.00 e. The van der Waals surface area contributed by atoms with Crippen LogP contribution in [-0.4, -0.2) is 60.9 Å². The molecule has 2 nitrogen and oxygen atoms in total. The van der Waals surface area contributed by atoms with E-state index in [1.807, 2.05) is 0 Å². The van der Waals surface area contributed by atoms with Gasteiger partial charge in [0.2, 0.25) is 0 Å². The monoisotopic (exact) mass is 596 g/mol. The van der Waals surface area contributed by atoms with E-state index in [1.54, 1.807) is 0 Å². The number of hydrogen-bond donors (Lipinski definition) is 0. The molecule has 0 saturated heterocycles. The second kappa shape index (κ2) is 39.0. The van der Waals surface area contributed by atoms with Crippen molar-refractivity contribution in [2.45, 2.75) is 153 Å². The molecule has 0 aromatic heterocycles. The van der Waals surface area contributed by atoms with E-state index >= 15 is 0 Å². The fourth-order valence-electron chi connectivity index (χ4n) is 3.05. The van der Waals surface area contributed by atoms with E-state index in [4.69, 9.17) is 0 Å². The Kier molecular flexibility index (Phi) is 54.1. The van der Waals surface area contributed by atoms with Gasteiger partial charge < -0.3 is 11.0 Å². The van der Waals surface area contributed by atoms with Gasteiger partial charge >= 0.3 is 261 Å². The van der Waals surface area contributed by atoms with Crippen LogP contribution < -0.4 is 0 Å². The van der Waals surface area contributed by atoms with Crippen molar-refractivity contribution < 1.29 is 11.0 Å². The molecule has 0 aliphatic rings. The van der Waals surface area contributed by atoms with Crippen molar-refractivity contribution in [3.05, 3.63) is 0 Å². The summed E-state index contributed by atoms with van der Waals surface area (Å²) in [5.74, 6) is 7.44. The van der Waals surface area contributed by atoms with Gasteiger partial charge in [-0.25, -0.2) is 0 Å². The molecule has 0 N–H and O–H groups in total. The predicted octanol–water partition coefficient (Wildman–Crippen LogP) is 11.1. The average Bonchev–Trinajstić information content (AvgIpc) is 2.67. The fourth-order valence-corrected chi connectivity index (χ4v) is 9.15. The van der Waals surface area contributed by atoms with Gasteiger partial charge in [0, 0.05) is 0 Å². The van der Waals surface area contributed by atoms with Gasteiger partial charge in [-0.3, -0.25) is 0 Å². The first-order valence-corrected chi connectivity index (χ1v) is 22.3. The van der Waals surface area contributed by atoms with E-state index in [-0.39, 0.29) is 11.0 Å². The summed E-state index contributed by atoms with van der Waals surface area (Å²) in [6, 6.07) is 0. The molecule has 0 rings (SSSR count). The minimum Gasteiger partial charge on any atom is -2.00 e. The van der Waals surface area contributed by atoms with Crippen LogP contribution in [0.15, 0.2) is 0 Å². The van der Waals surface area contributed by atoms with E-state index in [0.717, 1.165) is 108 Å². The van der Waals surface area contributed by atoms with Gasteiger partial charge in [0.05, 0.1) is 0 Å². The Hall–Kier alpha value is 2.05. The topological polar surface area (TPSA) is 57.0 Å². The van der Waals surface area contributed by atoms with Gasteiger partial charge in [-0.15, -0.1) is 0 Å². The second-order valence-electron chi connectivity index (χ2n) is 14.2. The van der Waals surface area contributed by atoms with Crippen LogP contribution in [-0.2, 0) is 11.0 Å². The molecule has 0 bridgehead atoms. The van der Waals surface area contributed by atoms with Crippen LogP contribution in [0.25, 0.3) is 0 Å². The Morgan fingerprint density at radius 1 is 0.237 bits per heavy atom. The Bertz CT molecular complexity index is 282. The molecule has 224 valence electrons. The number of rotatable bonds is 16. The minimum atomic E-state index is 0. The Morgan fingerprint density at radius 3 is 0.368 bits per heavy atom. The summed E-state index contributed by atoms with van der Waals surface area (Å²) >= 11 is 3.02. The zero-order chi connectivity index (χ0) is 29.1. The summed E-state index contributed by atoms with van der Waals surface area (Å²) in [6.07, 6.45) is 0. The molecule has 0 fully saturated rings. The molecule has 0 amide bonds. The summed E-state index contributed by atoms with van der Waals surface area (Å²) in [5, 5.41) is 11.9. The maximum absolute atomic E-state index is 2.31. The summed E-state index contributed by atoms with van der Waals surface area (Å²) < 4.78 is 0. The van der Waals surface area contributed by atoms with Crippen molar-refractivity contribution >= 4 is 60.9 Å². The molecule has 38 heavy (non-hydrogen) atoms. The molecule has 0 atom stereocenters. The molecule has 0 saturated carbocycles. The third kappa shape index (κ3) is 77.0. The van der Waals surface area contributed by atoms with Crippen LogP contribution in [0.1, 0.15) is 111 Å². The Morgan fingerprint density at radius 2 is 0.316 bits per heavy atom. The molecule has 0 heterocycles. The summed E-state index contributed by atoms with van der Waals surface area (Å²) in [6.45, 7) is 37.0. The van der Waals surface area contributed by atoms with Crippen LogP contribution in [0, 0.1) is 47.3 Å². The summed E-state index contributed by atoms with van der Waals surface area (Å²) in [5.41, 5.74) is 0. The van der Waals surface area contributed by atoms with Gasteiger partial charge in [0.25, 0.3) is 0 Å². The number of hydrogen-bond acceptors (Lipinski definition) is 0. The third-order valence-corrected chi connectivity index (χ3v) is 15.3. The van der Waals surface area contributed by atoms with Gasteiger partial charge in [-0.05, 0) is 0 Å². The maximum atomic E-state index is 2.31. The quantitative estimate of drug-likeness (QED) is 0.159. The molecule has 0 aromatic carbocycles. The van der Waals surface area contributed by atoms with Crippen molar-refractivity contribution in [3.63, 3.8) is 0 Å². The van der Waals surface area contributed by atoms with E-state index in [9.17, 15) is 0 Å². The van der Waals surface area contributed by atoms with Gasteiger partial charge in [-0.1, -0.05) is 0 Å². The summed E-state index contributed by atoms with van der Waals surface area (Å²) in [4.78, 5) is 0. The fraction of sp³-hybridized carbons (Fsp3) is 1.00. The van der Waals surface area contributed by atoms with E-state index < -0.39 is 0 Å². The van der Waals surface area contributed by atoms with Gasteiger partial charge in [0.15, 0.2) is 0 Å². The molecule has 0 aliphatic heterocycles. The van der Waals surface area contributed by atoms with Crippen molar-refractivity contribution in [1.82, 2.24) is 0 Å². The van der Waals surface area contributed by atoms with Gasteiger partial charge in [0.1, 0.15) is 0 Å². The average molecular weight is 597 g/mol. The van der Waals surface area contributed by atoms with E-state index in [0.29, 0.717) is 0 Å². The molecule has 6 heteroatoms. The van der Waals surface area contributed by atoms with Crippen molar-refractivity contribution in [2.24, 2.45) is 47.3 Å². The first-order chi connectivity index (χ1) is 16.5. The molecule has 0 unspecified atom stereocenters. The predicted molar refractivity (Wildman–Crippen MR) is 182 cm³/mol. The van der Waals surface area contributed by atoms with E-state index in [2.05, 4.69) is 111 Å². The Labute approximate surface area is 270 Å². The van der Waals surface area contributed by atoms with Crippen molar-refractivity contribution in [3.8, 4) is 0 Å². The van der Waals surface area contributed by atoms with Crippen LogP contribution in [0.2, 0.25) is 42.3 Å². The molecule has 0 spiro atoms. The zero-order valence-electron chi connectivity index (χ0n) is 29.4. The SMILES string of the molecule is CC(C)[CH2][Al+][CH2]C(C)C.CC(C)[CH2][Al+][CH2]C(C)C.CC(C)[CH2][Al+][CH2]C(C)C.CC(C)[CH2][Al+][CH2]C(C)C.[O-2].[O-2]. The maximum Gasteiger partial charge on any atom is -2.00 e. The zero-order valence-corrected chi connectivity index (χ0v) is 34.0. The van der Waals surface area contributed by atoms with Crippen molar-refractivity contribution in [2.75, 3.05) is 0 Å². The van der Waals surface area contributed by atoms with Crippen LogP contribution in [0.3, 0.4) is 0 Å². The van der Waals surface area contributed by atoms with Gasteiger partial charge in [-0.2, -0.15) is 0 Å². The molecular formula is C32H72Al4O2. The standard InChI is InChI=1S/8C4H9.4Al.2O/c8*1-4(2)3;;;;;;/h8*4H,1H2,2-3H3;;;;;;/q;;;;;;;;4*+1;2*-2. The first kappa shape index (κ1) is 52.7. The first-order valence-electron chi connectivity index (χ1n) is 15.8. The van der Waals surface area contributed by atoms with Crippen molar-refractivity contribution in [1.29, 1.82) is 0 Å². The van der Waals surface area contributed by atoms with Crippen LogP contribution >= 0.6 is 0 Å². The summed E-state index contributed by atoms with van der Waals surface area (Å²) in [7, 11) is 0. The molecule has 0 aliphatic carbocycles. The van der Waals surface area contributed by atoms with Crippen LogP contribution in [0.4, 0.5) is 0 Å². The normalized spacial score (nSPS) is 9.89. The second-order valence-corrected chi connectivity index (χ2v) is 20.3. The molecule has 0 aromatic rings. The third-order valence-electron chi connectivity index (χ3n) is 5.10. The molecular weight excluding hydrogens is 524 g/mol. The molecule has 0 radical (unpaired) electrons. The minimum absolute atomic E-state index is 0. The Balaban J connectivity index is -0.0000000883. The largest absolute Gasteiger partial charge is 2.00 e. The van der Waals surface area contributed by atoms with Crippen LogP contribution in [0.5, 0.6) is 0 Å².